The molecule has 0 aliphatic rings. The predicted octanol–water partition coefficient (Wildman–Crippen LogP) is 6.11. The largest absolute Gasteiger partial charge is 0.123 e. The fourth-order valence-corrected chi connectivity index (χ4v) is 2.47. The average molecular weight is 294 g/mol. The maximum atomic E-state index is 6.31. The van der Waals surface area contributed by atoms with Crippen LogP contribution in [0.3, 0.4) is 0 Å². The predicted molar refractivity (Wildman–Crippen MR) is 78.6 cm³/mol. The Bertz CT molecular complexity index is 336. The Kier molecular flexibility index (Phi) is 7.34. The van der Waals surface area contributed by atoms with Crippen LogP contribution in [0.2, 0.25) is 10.0 Å². The molecule has 96 valence electrons. The third-order valence-electron chi connectivity index (χ3n) is 2.81. The van der Waals surface area contributed by atoms with Crippen molar-refractivity contribution in [2.24, 2.45) is 0 Å². The molecule has 0 heterocycles. The van der Waals surface area contributed by atoms with E-state index in [1.807, 2.05) is 18.2 Å². The third kappa shape index (κ3) is 5.99. The molecule has 1 aromatic carbocycles. The fraction of sp³-hybridized carbons (Fsp3) is 0.571. The van der Waals surface area contributed by atoms with Gasteiger partial charge in [-0.3, -0.25) is 0 Å². The molecule has 3 heteroatoms. The molecule has 0 nitrogen and oxygen atoms in total. The summed E-state index contributed by atoms with van der Waals surface area (Å²) in [4.78, 5) is 0. The molecule has 1 aromatic rings. The second kappa shape index (κ2) is 8.24. The minimum absolute atomic E-state index is 0.198. The first-order chi connectivity index (χ1) is 8.13. The molecule has 0 fully saturated rings. The number of alkyl halides is 1. The minimum Gasteiger partial charge on any atom is -0.123 e. The summed E-state index contributed by atoms with van der Waals surface area (Å²) in [6.45, 7) is 2.22. The number of unbranched alkanes of at least 4 members (excludes halogenated alkanes) is 3. The van der Waals surface area contributed by atoms with Crippen LogP contribution >= 0.6 is 34.8 Å². The first kappa shape index (κ1) is 15.1. The lowest BCUT2D eigenvalue weighted by atomic mass is 10.0. The summed E-state index contributed by atoms with van der Waals surface area (Å²) < 4.78 is 0. The molecule has 0 amide bonds. The van der Waals surface area contributed by atoms with Gasteiger partial charge in [-0.25, -0.2) is 0 Å². The first-order valence-electron chi connectivity index (χ1n) is 6.21. The highest BCUT2D eigenvalue weighted by molar-refractivity contribution is 6.42. The standard InChI is InChI=1S/C14H19Cl3/c1-2-3-4-5-6-12(15)9-11-7-8-13(16)14(17)10-11/h7-8,10,12H,2-6,9H2,1H3. The Labute approximate surface area is 119 Å². The van der Waals surface area contributed by atoms with Crippen LogP contribution < -0.4 is 0 Å². The van der Waals surface area contributed by atoms with E-state index in [9.17, 15) is 0 Å². The molecule has 0 aromatic heterocycles. The van der Waals surface area contributed by atoms with Crippen molar-refractivity contribution in [2.45, 2.75) is 50.8 Å². The van der Waals surface area contributed by atoms with E-state index < -0.39 is 0 Å². The lowest BCUT2D eigenvalue weighted by Gasteiger charge is -2.10. The lowest BCUT2D eigenvalue weighted by Crippen LogP contribution is -2.03. The molecule has 0 radical (unpaired) electrons. The van der Waals surface area contributed by atoms with Crippen molar-refractivity contribution in [3.8, 4) is 0 Å². The van der Waals surface area contributed by atoms with Crippen LogP contribution in [-0.2, 0) is 6.42 Å². The monoisotopic (exact) mass is 292 g/mol. The number of halogens is 3. The van der Waals surface area contributed by atoms with Crippen LogP contribution in [0.15, 0.2) is 18.2 Å². The summed E-state index contributed by atoms with van der Waals surface area (Å²) >= 11 is 18.1. The van der Waals surface area contributed by atoms with E-state index in [-0.39, 0.29) is 5.38 Å². The van der Waals surface area contributed by atoms with Crippen LogP contribution in [0.4, 0.5) is 0 Å². The van der Waals surface area contributed by atoms with Gasteiger partial charge in [-0.15, -0.1) is 11.6 Å². The summed E-state index contributed by atoms with van der Waals surface area (Å²) in [5.41, 5.74) is 1.16. The molecule has 0 saturated heterocycles. The second-order valence-electron chi connectivity index (χ2n) is 4.40. The summed E-state index contributed by atoms with van der Waals surface area (Å²) in [5.74, 6) is 0. The molecule has 0 N–H and O–H groups in total. The molecular weight excluding hydrogens is 275 g/mol. The topological polar surface area (TPSA) is 0 Å². The molecular formula is C14H19Cl3. The van der Waals surface area contributed by atoms with Crippen LogP contribution in [0.1, 0.15) is 44.6 Å². The van der Waals surface area contributed by atoms with Crippen LogP contribution in [0.25, 0.3) is 0 Å². The average Bonchev–Trinajstić information content (AvgIpc) is 2.30. The summed E-state index contributed by atoms with van der Waals surface area (Å²) in [5, 5.41) is 1.41. The van der Waals surface area contributed by atoms with Crippen LogP contribution in [-0.4, -0.2) is 5.38 Å². The maximum absolute atomic E-state index is 6.31. The maximum Gasteiger partial charge on any atom is 0.0595 e. The number of benzene rings is 1. The second-order valence-corrected chi connectivity index (χ2v) is 5.83. The molecule has 0 bridgehead atoms. The summed E-state index contributed by atoms with van der Waals surface area (Å²) in [6, 6.07) is 5.74. The van der Waals surface area contributed by atoms with Crippen molar-refractivity contribution in [1.82, 2.24) is 0 Å². The molecule has 0 saturated carbocycles. The van der Waals surface area contributed by atoms with Crippen molar-refractivity contribution in [2.75, 3.05) is 0 Å². The van der Waals surface area contributed by atoms with Crippen molar-refractivity contribution in [3.63, 3.8) is 0 Å². The SMILES string of the molecule is CCCCCCC(Cl)Cc1ccc(Cl)c(Cl)c1. The van der Waals surface area contributed by atoms with Crippen molar-refractivity contribution < 1.29 is 0 Å². The van der Waals surface area contributed by atoms with E-state index >= 15 is 0 Å². The van der Waals surface area contributed by atoms with Gasteiger partial charge in [-0.1, -0.05) is 61.9 Å². The third-order valence-corrected chi connectivity index (χ3v) is 3.92. The van der Waals surface area contributed by atoms with E-state index in [0.29, 0.717) is 10.0 Å². The van der Waals surface area contributed by atoms with E-state index in [0.717, 1.165) is 18.4 Å². The zero-order valence-electron chi connectivity index (χ0n) is 10.2. The fourth-order valence-electron chi connectivity index (χ4n) is 1.82. The van der Waals surface area contributed by atoms with Gasteiger partial charge in [-0.05, 0) is 30.5 Å². The Hall–Kier alpha value is 0.0900. The van der Waals surface area contributed by atoms with Crippen LogP contribution in [0.5, 0.6) is 0 Å². The van der Waals surface area contributed by atoms with Crippen molar-refractivity contribution in [1.29, 1.82) is 0 Å². The molecule has 0 aliphatic carbocycles. The normalized spacial score (nSPS) is 12.7. The van der Waals surface area contributed by atoms with Gasteiger partial charge in [-0.2, -0.15) is 0 Å². The van der Waals surface area contributed by atoms with E-state index in [1.165, 1.54) is 25.7 Å². The molecule has 1 unspecified atom stereocenters. The van der Waals surface area contributed by atoms with Gasteiger partial charge >= 0.3 is 0 Å². The van der Waals surface area contributed by atoms with Gasteiger partial charge in [0.1, 0.15) is 0 Å². The highest BCUT2D eigenvalue weighted by Crippen LogP contribution is 2.24. The molecule has 0 spiro atoms. The molecule has 17 heavy (non-hydrogen) atoms. The van der Waals surface area contributed by atoms with Gasteiger partial charge in [0.15, 0.2) is 0 Å². The highest BCUT2D eigenvalue weighted by Gasteiger charge is 2.07. The molecule has 1 rings (SSSR count). The molecule has 0 aliphatic heterocycles. The Morgan fingerprint density at radius 3 is 2.47 bits per heavy atom. The van der Waals surface area contributed by atoms with Gasteiger partial charge in [0.25, 0.3) is 0 Å². The van der Waals surface area contributed by atoms with Gasteiger partial charge in [0.05, 0.1) is 10.0 Å². The first-order valence-corrected chi connectivity index (χ1v) is 7.40. The zero-order chi connectivity index (χ0) is 12.7. The van der Waals surface area contributed by atoms with Crippen LogP contribution in [0, 0.1) is 0 Å². The number of rotatable bonds is 7. The van der Waals surface area contributed by atoms with Gasteiger partial charge < -0.3 is 0 Å². The number of hydrogen-bond acceptors (Lipinski definition) is 0. The Balaban J connectivity index is 2.34. The lowest BCUT2D eigenvalue weighted by molar-refractivity contribution is 0.612. The summed E-state index contributed by atoms with van der Waals surface area (Å²) in [7, 11) is 0. The van der Waals surface area contributed by atoms with Crippen molar-refractivity contribution >= 4 is 34.8 Å². The van der Waals surface area contributed by atoms with Gasteiger partial charge in [0, 0.05) is 5.38 Å². The highest BCUT2D eigenvalue weighted by atomic mass is 35.5. The quantitative estimate of drug-likeness (QED) is 0.420. The summed E-state index contributed by atoms with van der Waals surface area (Å²) in [6.07, 6.45) is 6.99. The minimum atomic E-state index is 0.198. The Morgan fingerprint density at radius 2 is 1.82 bits per heavy atom. The smallest absolute Gasteiger partial charge is 0.0595 e. The zero-order valence-corrected chi connectivity index (χ0v) is 12.5. The Morgan fingerprint density at radius 1 is 1.06 bits per heavy atom. The number of hydrogen-bond donors (Lipinski definition) is 0. The van der Waals surface area contributed by atoms with Crippen molar-refractivity contribution in [3.05, 3.63) is 33.8 Å². The van der Waals surface area contributed by atoms with E-state index in [2.05, 4.69) is 6.92 Å². The van der Waals surface area contributed by atoms with E-state index in [4.69, 9.17) is 34.8 Å². The van der Waals surface area contributed by atoms with E-state index in [1.54, 1.807) is 0 Å². The van der Waals surface area contributed by atoms with Gasteiger partial charge in [0.2, 0.25) is 0 Å². The molecule has 1 atom stereocenters.